The third-order valence-electron chi connectivity index (χ3n) is 4.65. The Hall–Kier alpha value is -2.64. The van der Waals surface area contributed by atoms with E-state index in [1.54, 1.807) is 6.08 Å². The van der Waals surface area contributed by atoms with E-state index < -0.39 is 5.91 Å². The van der Waals surface area contributed by atoms with Crippen molar-refractivity contribution < 1.29 is 4.79 Å². The van der Waals surface area contributed by atoms with Crippen LogP contribution in [0.5, 0.6) is 0 Å². The van der Waals surface area contributed by atoms with E-state index in [0.29, 0.717) is 10.2 Å². The number of carbonyl (C=O) groups is 1. The molecule has 0 aliphatic carbocycles. The van der Waals surface area contributed by atoms with Gasteiger partial charge in [0.1, 0.15) is 5.04 Å². The zero-order valence-corrected chi connectivity index (χ0v) is 17.2. The van der Waals surface area contributed by atoms with Crippen molar-refractivity contribution in [2.24, 2.45) is 10.1 Å². The van der Waals surface area contributed by atoms with Gasteiger partial charge >= 0.3 is 0 Å². The standard InChI is InChI=1S/C20H18ClN5OS/c1-4-17-24-26-18(22)16(19(27)23-20(26)28-17)10-13-9-11(2)25(12(13)3)15-7-5-14(21)6-8-15/h5-10,22H,4H2,1-3H3. The molecular weight excluding hydrogens is 394 g/mol. The van der Waals surface area contributed by atoms with E-state index in [1.807, 2.05) is 51.1 Å². The molecule has 0 unspecified atom stereocenters. The van der Waals surface area contributed by atoms with Crippen molar-refractivity contribution in [1.82, 2.24) is 9.58 Å². The zero-order valence-electron chi connectivity index (χ0n) is 15.7. The first-order chi connectivity index (χ1) is 13.4. The molecule has 0 fully saturated rings. The quantitative estimate of drug-likeness (QED) is 0.739. The molecule has 2 aliphatic heterocycles. The predicted molar refractivity (Wildman–Crippen MR) is 116 cm³/mol. The van der Waals surface area contributed by atoms with Crippen molar-refractivity contribution in [3.05, 3.63) is 57.9 Å². The Morgan fingerprint density at radius 3 is 2.64 bits per heavy atom. The molecule has 6 nitrogen and oxygen atoms in total. The van der Waals surface area contributed by atoms with Crippen LogP contribution < -0.4 is 0 Å². The van der Waals surface area contributed by atoms with Crippen LogP contribution in [0.4, 0.5) is 0 Å². The number of hydrogen-bond acceptors (Lipinski definition) is 4. The highest BCUT2D eigenvalue weighted by molar-refractivity contribution is 8.26. The molecule has 0 bridgehead atoms. The van der Waals surface area contributed by atoms with Gasteiger partial charge in [0.05, 0.1) is 5.57 Å². The van der Waals surface area contributed by atoms with E-state index in [2.05, 4.69) is 14.7 Å². The molecule has 3 heterocycles. The molecule has 8 heteroatoms. The first kappa shape index (κ1) is 18.7. The number of aryl methyl sites for hydroxylation is 1. The third-order valence-corrected chi connectivity index (χ3v) is 5.96. The smallest absolute Gasteiger partial charge is 0.283 e. The van der Waals surface area contributed by atoms with E-state index in [1.165, 1.54) is 16.8 Å². The van der Waals surface area contributed by atoms with E-state index in [0.717, 1.165) is 34.1 Å². The second-order valence-electron chi connectivity index (χ2n) is 6.51. The molecule has 4 rings (SSSR count). The van der Waals surface area contributed by atoms with Crippen molar-refractivity contribution in [3.8, 4) is 5.69 Å². The Morgan fingerprint density at radius 2 is 1.96 bits per heavy atom. The minimum Gasteiger partial charge on any atom is -0.318 e. The van der Waals surface area contributed by atoms with Crippen LogP contribution in [0.15, 0.2) is 46.0 Å². The Balaban J connectivity index is 1.75. The number of aliphatic imine (C=N–C) groups is 1. The van der Waals surface area contributed by atoms with E-state index in [9.17, 15) is 4.79 Å². The predicted octanol–water partition coefficient (Wildman–Crippen LogP) is 4.78. The first-order valence-corrected chi connectivity index (χ1v) is 10.0. The molecule has 1 aromatic heterocycles. The number of halogens is 1. The van der Waals surface area contributed by atoms with Crippen molar-refractivity contribution in [1.29, 1.82) is 5.41 Å². The lowest BCUT2D eigenvalue weighted by atomic mass is 10.1. The largest absolute Gasteiger partial charge is 0.318 e. The maximum absolute atomic E-state index is 12.5. The monoisotopic (exact) mass is 411 g/mol. The van der Waals surface area contributed by atoms with Crippen LogP contribution in [-0.2, 0) is 4.79 Å². The number of thioether (sulfide) groups is 1. The Morgan fingerprint density at radius 1 is 1.25 bits per heavy atom. The number of hydrazone groups is 1. The summed E-state index contributed by atoms with van der Waals surface area (Å²) in [7, 11) is 0. The van der Waals surface area contributed by atoms with Gasteiger partial charge in [0.15, 0.2) is 5.84 Å². The normalized spacial score (nSPS) is 17.9. The second kappa shape index (κ2) is 7.07. The number of nitrogens with one attached hydrogen (secondary N) is 1. The van der Waals surface area contributed by atoms with Gasteiger partial charge in [0.25, 0.3) is 5.91 Å². The minimum atomic E-state index is -0.410. The zero-order chi connectivity index (χ0) is 20.0. The number of aromatic nitrogens is 1. The summed E-state index contributed by atoms with van der Waals surface area (Å²) in [6, 6.07) is 9.59. The van der Waals surface area contributed by atoms with Gasteiger partial charge in [-0.2, -0.15) is 15.1 Å². The van der Waals surface area contributed by atoms with Crippen LogP contribution in [0.1, 0.15) is 30.3 Å². The Bertz CT molecular complexity index is 1090. The van der Waals surface area contributed by atoms with Crippen LogP contribution in [0.3, 0.4) is 0 Å². The van der Waals surface area contributed by atoms with Gasteiger partial charge in [-0.1, -0.05) is 18.5 Å². The fourth-order valence-corrected chi connectivity index (χ4v) is 4.20. The lowest BCUT2D eigenvalue weighted by molar-refractivity contribution is -0.114. The number of rotatable bonds is 3. The molecule has 0 saturated heterocycles. The first-order valence-electron chi connectivity index (χ1n) is 8.83. The van der Waals surface area contributed by atoms with Crippen molar-refractivity contribution in [2.75, 3.05) is 0 Å². The number of hydrogen-bond donors (Lipinski definition) is 1. The molecule has 0 saturated carbocycles. The molecule has 0 spiro atoms. The summed E-state index contributed by atoms with van der Waals surface area (Å²) < 4.78 is 2.09. The van der Waals surface area contributed by atoms with Gasteiger partial charge in [0, 0.05) is 22.1 Å². The van der Waals surface area contributed by atoms with Gasteiger partial charge in [-0.3, -0.25) is 10.2 Å². The maximum Gasteiger partial charge on any atom is 0.283 e. The summed E-state index contributed by atoms with van der Waals surface area (Å²) in [5.41, 5.74) is 4.08. The lowest BCUT2D eigenvalue weighted by Gasteiger charge is -2.20. The Labute approximate surface area is 172 Å². The van der Waals surface area contributed by atoms with Crippen molar-refractivity contribution >= 4 is 51.4 Å². The van der Waals surface area contributed by atoms with Crippen LogP contribution in [0.2, 0.25) is 5.02 Å². The summed E-state index contributed by atoms with van der Waals surface area (Å²) in [5, 5.41) is 16.3. The number of amidine groups is 2. The molecule has 1 amide bonds. The maximum atomic E-state index is 12.5. The van der Waals surface area contributed by atoms with E-state index >= 15 is 0 Å². The highest BCUT2D eigenvalue weighted by Gasteiger charge is 2.35. The summed E-state index contributed by atoms with van der Waals surface area (Å²) in [5.74, 6) is -0.352. The minimum absolute atomic E-state index is 0.0576. The molecule has 2 aromatic rings. The third kappa shape index (κ3) is 3.10. The topological polar surface area (TPSA) is 73.8 Å². The molecular formula is C20H18ClN5OS. The molecule has 0 atom stereocenters. The SMILES string of the molecule is CCC1=NN2C(=N)C(=Cc3cc(C)n(-c4ccc(Cl)cc4)c3C)C(=O)N=C2S1. The summed E-state index contributed by atoms with van der Waals surface area (Å²) in [6.07, 6.45) is 2.47. The molecule has 142 valence electrons. The van der Waals surface area contributed by atoms with Gasteiger partial charge in [-0.15, -0.1) is 0 Å². The van der Waals surface area contributed by atoms with Gasteiger partial charge < -0.3 is 4.57 Å². The van der Waals surface area contributed by atoms with Crippen LogP contribution in [0.25, 0.3) is 11.8 Å². The van der Waals surface area contributed by atoms with Gasteiger partial charge in [-0.25, -0.2) is 0 Å². The van der Waals surface area contributed by atoms with Crippen molar-refractivity contribution in [3.63, 3.8) is 0 Å². The average Bonchev–Trinajstić information content (AvgIpc) is 3.20. The molecule has 28 heavy (non-hydrogen) atoms. The van der Waals surface area contributed by atoms with Gasteiger partial charge in [-0.05, 0) is 74.0 Å². The summed E-state index contributed by atoms with van der Waals surface area (Å²) in [4.78, 5) is 16.7. The lowest BCUT2D eigenvalue weighted by Crippen LogP contribution is -2.35. The highest BCUT2D eigenvalue weighted by Crippen LogP contribution is 2.30. The fourth-order valence-electron chi connectivity index (χ4n) is 3.25. The number of carbonyl (C=O) groups excluding carboxylic acids is 1. The van der Waals surface area contributed by atoms with Crippen LogP contribution in [0, 0.1) is 19.3 Å². The summed E-state index contributed by atoms with van der Waals surface area (Å²) >= 11 is 7.34. The van der Waals surface area contributed by atoms with E-state index in [-0.39, 0.29) is 11.4 Å². The van der Waals surface area contributed by atoms with Crippen molar-refractivity contribution in [2.45, 2.75) is 27.2 Å². The van der Waals surface area contributed by atoms with E-state index in [4.69, 9.17) is 17.0 Å². The number of fused-ring (bicyclic) bond motifs is 1. The molecule has 2 aliphatic rings. The second-order valence-corrected chi connectivity index (χ2v) is 7.98. The molecule has 0 radical (unpaired) electrons. The number of amides is 1. The average molecular weight is 412 g/mol. The Kier molecular flexibility index (Phi) is 4.72. The molecule has 1 N–H and O–H groups in total. The summed E-state index contributed by atoms with van der Waals surface area (Å²) in [6.45, 7) is 5.97. The van der Waals surface area contributed by atoms with Gasteiger partial charge in [0.2, 0.25) is 5.17 Å². The van der Waals surface area contributed by atoms with Crippen LogP contribution in [-0.4, -0.2) is 31.5 Å². The fraction of sp³-hybridized carbons (Fsp3) is 0.200. The van der Waals surface area contributed by atoms with Crippen LogP contribution >= 0.6 is 23.4 Å². The highest BCUT2D eigenvalue weighted by atomic mass is 35.5. The number of nitrogens with zero attached hydrogens (tertiary/aromatic N) is 4. The molecule has 1 aromatic carbocycles. The number of benzene rings is 1.